The average molecular weight is 259 g/mol. The summed E-state index contributed by atoms with van der Waals surface area (Å²) in [5.74, 6) is -4.96. The molecule has 15 heavy (non-hydrogen) atoms. The first-order valence-corrected chi connectivity index (χ1v) is 4.56. The smallest absolute Gasteiger partial charge is 0.357 e. The number of hydrogen-bond acceptors (Lipinski definition) is 4. The summed E-state index contributed by atoms with van der Waals surface area (Å²) >= 11 is 11.1. The van der Waals surface area contributed by atoms with Crippen molar-refractivity contribution < 1.29 is 29.3 Å². The van der Waals surface area contributed by atoms with Crippen molar-refractivity contribution in [3.05, 3.63) is 0 Å². The lowest BCUT2D eigenvalue weighted by Crippen LogP contribution is -2.54. The second kappa shape index (κ2) is 3.21. The molecular formula is C7H8Cl2O6. The van der Waals surface area contributed by atoms with E-state index in [-0.39, 0.29) is 0 Å². The van der Waals surface area contributed by atoms with Crippen LogP contribution in [0.2, 0.25) is 0 Å². The quantitative estimate of drug-likeness (QED) is 0.712. The highest BCUT2D eigenvalue weighted by atomic mass is 35.5. The second-order valence-electron chi connectivity index (χ2n) is 3.40. The van der Waals surface area contributed by atoms with E-state index in [4.69, 9.17) is 42.9 Å². The molecule has 1 fully saturated rings. The molecule has 0 spiro atoms. The summed E-state index contributed by atoms with van der Waals surface area (Å²) < 4.78 is 9.61. The van der Waals surface area contributed by atoms with Gasteiger partial charge in [-0.1, -0.05) is 23.2 Å². The topological polar surface area (TPSA) is 93.1 Å². The van der Waals surface area contributed by atoms with Crippen LogP contribution in [0.5, 0.6) is 0 Å². The number of carboxylic acid groups (broad SMARTS) is 2. The first-order chi connectivity index (χ1) is 6.55. The van der Waals surface area contributed by atoms with Gasteiger partial charge in [0.25, 0.3) is 10.1 Å². The van der Waals surface area contributed by atoms with Gasteiger partial charge in [0.05, 0.1) is 0 Å². The molecular weight excluding hydrogens is 251 g/mol. The summed E-state index contributed by atoms with van der Waals surface area (Å²) in [6, 6.07) is 0. The van der Waals surface area contributed by atoms with Gasteiger partial charge in [0, 0.05) is 0 Å². The van der Waals surface area contributed by atoms with Gasteiger partial charge in [-0.05, 0) is 13.8 Å². The van der Waals surface area contributed by atoms with Crippen LogP contribution in [0.25, 0.3) is 0 Å². The normalized spacial score (nSPS) is 38.9. The fourth-order valence-electron chi connectivity index (χ4n) is 1.19. The monoisotopic (exact) mass is 258 g/mol. The van der Waals surface area contributed by atoms with Crippen LogP contribution in [0.3, 0.4) is 0 Å². The van der Waals surface area contributed by atoms with Gasteiger partial charge in [-0.25, -0.2) is 9.59 Å². The minimum atomic E-state index is -2.66. The molecule has 0 aromatic carbocycles. The van der Waals surface area contributed by atoms with E-state index in [1.54, 1.807) is 0 Å². The van der Waals surface area contributed by atoms with E-state index in [0.29, 0.717) is 0 Å². The lowest BCUT2D eigenvalue weighted by molar-refractivity contribution is -0.175. The molecule has 2 atom stereocenters. The van der Waals surface area contributed by atoms with Gasteiger partial charge < -0.3 is 19.7 Å². The number of rotatable bonds is 2. The van der Waals surface area contributed by atoms with Crippen molar-refractivity contribution in [2.75, 3.05) is 0 Å². The molecule has 0 amide bonds. The van der Waals surface area contributed by atoms with Crippen molar-refractivity contribution in [1.29, 1.82) is 0 Å². The fraction of sp³-hybridized carbons (Fsp3) is 0.714. The van der Waals surface area contributed by atoms with Crippen LogP contribution in [0.4, 0.5) is 0 Å². The maximum atomic E-state index is 10.8. The van der Waals surface area contributed by atoms with Crippen LogP contribution in [-0.4, -0.2) is 38.1 Å². The third-order valence-corrected chi connectivity index (χ3v) is 2.84. The van der Waals surface area contributed by atoms with E-state index < -0.39 is 27.8 Å². The first kappa shape index (κ1) is 12.5. The van der Waals surface area contributed by atoms with Gasteiger partial charge in [0.1, 0.15) is 0 Å². The third-order valence-electron chi connectivity index (χ3n) is 1.74. The largest absolute Gasteiger partial charge is 0.478 e. The summed E-state index contributed by atoms with van der Waals surface area (Å²) in [4.78, 5) is 21.7. The number of carbonyl (C=O) groups is 2. The van der Waals surface area contributed by atoms with Gasteiger partial charge in [0.2, 0.25) is 0 Å². The lowest BCUT2D eigenvalue weighted by atomic mass is 10.2. The van der Waals surface area contributed by atoms with Crippen LogP contribution in [-0.2, 0) is 19.1 Å². The van der Waals surface area contributed by atoms with Crippen molar-refractivity contribution in [2.24, 2.45) is 0 Å². The Morgan fingerprint density at radius 1 is 1.00 bits per heavy atom. The Kier molecular flexibility index (Phi) is 2.68. The Hall–Kier alpha value is -0.560. The van der Waals surface area contributed by atoms with Gasteiger partial charge in [-0.3, -0.25) is 0 Å². The molecule has 0 unspecified atom stereocenters. The fourth-order valence-corrected chi connectivity index (χ4v) is 1.80. The molecule has 1 saturated heterocycles. The number of aliphatic carboxylic acids is 2. The minimum Gasteiger partial charge on any atom is -0.478 e. The van der Waals surface area contributed by atoms with Gasteiger partial charge in [-0.15, -0.1) is 0 Å². The van der Waals surface area contributed by atoms with E-state index >= 15 is 0 Å². The highest BCUT2D eigenvalue weighted by Crippen LogP contribution is 2.49. The first-order valence-electron chi connectivity index (χ1n) is 3.80. The predicted molar refractivity (Wildman–Crippen MR) is 48.7 cm³/mol. The zero-order chi connectivity index (χ0) is 12.1. The molecule has 0 saturated carbocycles. The summed E-state index contributed by atoms with van der Waals surface area (Å²) in [6.45, 7) is 2.61. The molecule has 1 heterocycles. The summed E-state index contributed by atoms with van der Waals surface area (Å²) in [7, 11) is 0. The molecule has 0 radical (unpaired) electrons. The van der Waals surface area contributed by atoms with Crippen LogP contribution >= 0.6 is 23.2 Å². The molecule has 1 rings (SSSR count). The Balaban J connectivity index is 3.27. The molecule has 0 aromatic heterocycles. The number of ether oxygens (including phenoxy) is 2. The van der Waals surface area contributed by atoms with E-state index in [2.05, 4.69) is 0 Å². The molecule has 1 aliphatic heterocycles. The molecule has 0 aromatic rings. The van der Waals surface area contributed by atoms with Crippen LogP contribution < -0.4 is 0 Å². The minimum absolute atomic E-state index is 1.31. The number of hydrogen-bond donors (Lipinski definition) is 2. The van der Waals surface area contributed by atoms with Crippen molar-refractivity contribution in [2.45, 2.75) is 29.8 Å². The SMILES string of the molecule is CC1(C)O[C@@](Cl)(C(=O)O)[C@](Cl)(C(=O)O)O1. The van der Waals surface area contributed by atoms with E-state index in [1.165, 1.54) is 13.8 Å². The highest BCUT2D eigenvalue weighted by Gasteiger charge is 2.72. The van der Waals surface area contributed by atoms with Crippen molar-refractivity contribution in [3.8, 4) is 0 Å². The Labute approximate surface area is 94.7 Å². The molecule has 2 N–H and O–H groups in total. The lowest BCUT2D eigenvalue weighted by Gasteiger charge is -2.24. The predicted octanol–water partition coefficient (Wildman–Crippen LogP) is 0.809. The number of halogens is 2. The highest BCUT2D eigenvalue weighted by molar-refractivity contribution is 6.46. The molecule has 6 nitrogen and oxygen atoms in total. The number of alkyl halides is 2. The van der Waals surface area contributed by atoms with Crippen LogP contribution in [0.1, 0.15) is 13.8 Å². The molecule has 1 aliphatic rings. The van der Waals surface area contributed by atoms with Crippen molar-refractivity contribution in [3.63, 3.8) is 0 Å². The number of carboxylic acids is 2. The van der Waals surface area contributed by atoms with Gasteiger partial charge in [0.15, 0.2) is 5.79 Å². The Bertz CT molecular complexity index is 299. The zero-order valence-electron chi connectivity index (χ0n) is 7.78. The van der Waals surface area contributed by atoms with Gasteiger partial charge >= 0.3 is 11.9 Å². The maximum absolute atomic E-state index is 10.8. The standard InChI is InChI=1S/C7H8Cl2O6/c1-5(2)14-6(8,3(10)11)7(9,15-5)4(12)13/h1-2H3,(H,10,11)(H,12,13)/t6-,7-/m0/s1. The average Bonchev–Trinajstić information content (AvgIpc) is 2.19. The van der Waals surface area contributed by atoms with E-state index in [0.717, 1.165) is 0 Å². The molecule has 0 bridgehead atoms. The Morgan fingerprint density at radius 2 is 1.27 bits per heavy atom. The van der Waals surface area contributed by atoms with Crippen molar-refractivity contribution in [1.82, 2.24) is 0 Å². The van der Waals surface area contributed by atoms with Crippen LogP contribution in [0.15, 0.2) is 0 Å². The van der Waals surface area contributed by atoms with Crippen molar-refractivity contribution >= 4 is 35.1 Å². The van der Waals surface area contributed by atoms with E-state index in [9.17, 15) is 9.59 Å². The van der Waals surface area contributed by atoms with E-state index in [1.807, 2.05) is 0 Å². The third kappa shape index (κ3) is 1.67. The van der Waals surface area contributed by atoms with Crippen LogP contribution in [0, 0.1) is 0 Å². The summed E-state index contributed by atoms with van der Waals surface area (Å²) in [5, 5.41) is 12.3. The molecule has 0 aliphatic carbocycles. The summed E-state index contributed by atoms with van der Waals surface area (Å²) in [5.41, 5.74) is 0. The molecule has 86 valence electrons. The zero-order valence-corrected chi connectivity index (χ0v) is 9.30. The molecule has 8 heteroatoms. The second-order valence-corrected chi connectivity index (χ2v) is 4.47. The maximum Gasteiger partial charge on any atom is 0.357 e. The Morgan fingerprint density at radius 3 is 1.47 bits per heavy atom. The summed E-state index contributed by atoms with van der Waals surface area (Å²) in [6.07, 6.45) is 0. The van der Waals surface area contributed by atoms with Gasteiger partial charge in [-0.2, -0.15) is 0 Å².